The summed E-state index contributed by atoms with van der Waals surface area (Å²) in [5, 5.41) is 25.3. The number of aryl methyl sites for hydroxylation is 3. The van der Waals surface area contributed by atoms with Crippen LogP contribution in [0.2, 0.25) is 0 Å². The lowest BCUT2D eigenvalue weighted by Crippen LogP contribution is -2.19. The highest BCUT2D eigenvalue weighted by molar-refractivity contribution is 6.04. The van der Waals surface area contributed by atoms with E-state index in [0.717, 1.165) is 67.2 Å². The van der Waals surface area contributed by atoms with Crippen LogP contribution in [-0.4, -0.2) is 27.0 Å². The van der Waals surface area contributed by atoms with Crippen molar-refractivity contribution in [2.45, 2.75) is 57.8 Å². The molecule has 3 N–H and O–H groups in total. The summed E-state index contributed by atoms with van der Waals surface area (Å²) in [6, 6.07) is 14.1. The van der Waals surface area contributed by atoms with E-state index in [1.165, 1.54) is 16.5 Å². The Bertz CT molecular complexity index is 1350. The average Bonchev–Trinajstić information content (AvgIpc) is 3.55. The predicted octanol–water partition coefficient (Wildman–Crippen LogP) is 6.48. The van der Waals surface area contributed by atoms with Gasteiger partial charge in [-0.2, -0.15) is 0 Å². The molecule has 0 saturated heterocycles. The number of carboxylic acid groups (broad SMARTS) is 1. The molecule has 2 heterocycles. The molecule has 2 aromatic carbocycles. The maximum absolute atomic E-state index is 11.9. The first-order valence-corrected chi connectivity index (χ1v) is 12.2. The fraction of sp³-hybridized carbons (Fsp3) is 0.357. The van der Waals surface area contributed by atoms with Crippen LogP contribution in [0.15, 0.2) is 58.2 Å². The van der Waals surface area contributed by atoms with Gasteiger partial charge >= 0.3 is 5.97 Å². The number of rotatable bonds is 10. The molecule has 0 saturated carbocycles. The molecule has 0 aliphatic heterocycles. The van der Waals surface area contributed by atoms with Crippen LogP contribution in [0, 0.1) is 5.92 Å². The van der Waals surface area contributed by atoms with Crippen LogP contribution in [0.1, 0.15) is 61.0 Å². The Hall–Kier alpha value is -3.54. The molecular weight excluding hydrogens is 428 g/mol. The number of furan rings is 1. The summed E-state index contributed by atoms with van der Waals surface area (Å²) >= 11 is 0. The molecule has 0 amide bonds. The number of carbonyl (C=O) groups is 1. The lowest BCUT2D eigenvalue weighted by atomic mass is 9.92. The van der Waals surface area contributed by atoms with Crippen molar-refractivity contribution < 1.29 is 19.5 Å². The summed E-state index contributed by atoms with van der Waals surface area (Å²) in [5.41, 5.74) is 5.63. The lowest BCUT2D eigenvalue weighted by Gasteiger charge is -2.13. The number of aromatic nitrogens is 1. The van der Waals surface area contributed by atoms with Crippen LogP contribution in [0.4, 0.5) is 0 Å². The standard InChI is InChI=1S/C28H30N2O4/c31-28(32)19(7-2-1-3-8-20-17-29-24-11-5-4-9-21(20)24)15-25(30-33)18-13-14-23-22-10-6-12-26(22)34-27(23)16-18/h4-5,9,11,13-14,16-17,19,29,33H,1-3,6-8,10,12,15H2,(H,31,32)/t19-/m0/s1. The van der Waals surface area contributed by atoms with E-state index in [9.17, 15) is 15.1 Å². The first-order valence-electron chi connectivity index (χ1n) is 12.2. The minimum absolute atomic E-state index is 0.195. The van der Waals surface area contributed by atoms with Gasteiger partial charge in [-0.3, -0.25) is 4.79 Å². The number of hydrogen-bond acceptors (Lipinski definition) is 4. The summed E-state index contributed by atoms with van der Waals surface area (Å²) in [6.45, 7) is 0. The fourth-order valence-electron chi connectivity index (χ4n) is 5.27. The van der Waals surface area contributed by atoms with Gasteiger partial charge in [0.1, 0.15) is 11.3 Å². The monoisotopic (exact) mass is 458 g/mol. The number of nitrogens with one attached hydrogen (secondary N) is 1. The van der Waals surface area contributed by atoms with E-state index in [4.69, 9.17) is 4.42 Å². The van der Waals surface area contributed by atoms with Gasteiger partial charge in [-0.1, -0.05) is 48.3 Å². The maximum Gasteiger partial charge on any atom is 0.306 e. The summed E-state index contributed by atoms with van der Waals surface area (Å²) in [7, 11) is 0. The van der Waals surface area contributed by atoms with E-state index >= 15 is 0 Å². The van der Waals surface area contributed by atoms with Crippen molar-refractivity contribution in [3.8, 4) is 0 Å². The predicted molar refractivity (Wildman–Crippen MR) is 133 cm³/mol. The highest BCUT2D eigenvalue weighted by Crippen LogP contribution is 2.33. The van der Waals surface area contributed by atoms with E-state index in [-0.39, 0.29) is 6.42 Å². The van der Waals surface area contributed by atoms with Crippen molar-refractivity contribution in [3.63, 3.8) is 0 Å². The highest BCUT2D eigenvalue weighted by atomic mass is 16.4. The van der Waals surface area contributed by atoms with Gasteiger partial charge in [-0.15, -0.1) is 0 Å². The van der Waals surface area contributed by atoms with Gasteiger partial charge in [0, 0.05) is 46.5 Å². The van der Waals surface area contributed by atoms with Crippen molar-refractivity contribution in [3.05, 3.63) is 71.1 Å². The number of unbranched alkanes of at least 4 members (excludes halogenated alkanes) is 2. The average molecular weight is 459 g/mol. The topological polar surface area (TPSA) is 98.8 Å². The third-order valence-electron chi connectivity index (χ3n) is 7.12. The van der Waals surface area contributed by atoms with Gasteiger partial charge in [0.05, 0.1) is 11.6 Å². The quantitative estimate of drug-likeness (QED) is 0.110. The van der Waals surface area contributed by atoms with Crippen molar-refractivity contribution in [1.29, 1.82) is 0 Å². The Balaban J connectivity index is 1.17. The molecule has 4 aromatic rings. The van der Waals surface area contributed by atoms with Crippen LogP contribution >= 0.6 is 0 Å². The van der Waals surface area contributed by atoms with Gasteiger partial charge < -0.3 is 19.7 Å². The Morgan fingerprint density at radius 1 is 1.09 bits per heavy atom. The van der Waals surface area contributed by atoms with E-state index in [1.807, 2.05) is 30.3 Å². The molecule has 176 valence electrons. The summed E-state index contributed by atoms with van der Waals surface area (Å²) in [6.07, 6.45) is 9.69. The molecule has 6 nitrogen and oxygen atoms in total. The summed E-state index contributed by atoms with van der Waals surface area (Å²) in [4.78, 5) is 15.2. The number of aliphatic carboxylic acids is 1. The number of benzene rings is 2. The van der Waals surface area contributed by atoms with E-state index in [2.05, 4.69) is 28.5 Å². The van der Waals surface area contributed by atoms with Gasteiger partial charge in [-0.25, -0.2) is 0 Å². The maximum atomic E-state index is 11.9. The Labute approximate surface area is 198 Å². The van der Waals surface area contributed by atoms with Gasteiger partial charge in [0.25, 0.3) is 0 Å². The minimum Gasteiger partial charge on any atom is -0.481 e. The molecule has 2 aromatic heterocycles. The zero-order valence-electron chi connectivity index (χ0n) is 19.2. The number of oxime groups is 1. The fourth-order valence-corrected chi connectivity index (χ4v) is 5.27. The first-order chi connectivity index (χ1) is 16.6. The second-order valence-electron chi connectivity index (χ2n) is 9.31. The van der Waals surface area contributed by atoms with E-state index in [0.29, 0.717) is 17.7 Å². The first kappa shape index (κ1) is 22.3. The number of fused-ring (bicyclic) bond motifs is 4. The molecule has 6 heteroatoms. The normalized spacial score (nSPS) is 14.6. The van der Waals surface area contributed by atoms with E-state index in [1.54, 1.807) is 0 Å². The number of aromatic amines is 1. The minimum atomic E-state index is -0.851. The SMILES string of the molecule is O=C(O)[C@@H](CCCCCc1c[nH]c2ccccc12)CC(=NO)c1ccc2c3c(oc2c1)CCC3. The summed E-state index contributed by atoms with van der Waals surface area (Å²) < 4.78 is 5.99. The third-order valence-corrected chi connectivity index (χ3v) is 7.12. The second-order valence-corrected chi connectivity index (χ2v) is 9.31. The zero-order valence-corrected chi connectivity index (χ0v) is 19.2. The molecule has 1 aliphatic carbocycles. The van der Waals surface area contributed by atoms with Gasteiger partial charge in [-0.05, 0) is 49.8 Å². The molecule has 0 bridgehead atoms. The Morgan fingerprint density at radius 2 is 1.97 bits per heavy atom. The Morgan fingerprint density at radius 3 is 2.82 bits per heavy atom. The van der Waals surface area contributed by atoms with E-state index < -0.39 is 11.9 Å². The molecule has 0 unspecified atom stereocenters. The van der Waals surface area contributed by atoms with Crippen LogP contribution in [0.5, 0.6) is 0 Å². The van der Waals surface area contributed by atoms with Crippen LogP contribution in [-0.2, 0) is 24.1 Å². The van der Waals surface area contributed by atoms with Crippen LogP contribution in [0.25, 0.3) is 21.9 Å². The highest BCUT2D eigenvalue weighted by Gasteiger charge is 2.23. The number of nitrogens with zero attached hydrogens (tertiary/aromatic N) is 1. The molecular formula is C28H30N2O4. The number of para-hydroxylation sites is 1. The molecule has 34 heavy (non-hydrogen) atoms. The Kier molecular flexibility index (Phi) is 6.39. The molecule has 1 atom stereocenters. The molecule has 0 spiro atoms. The van der Waals surface area contributed by atoms with Crippen molar-refractivity contribution >= 4 is 33.6 Å². The number of hydrogen-bond donors (Lipinski definition) is 3. The molecule has 0 radical (unpaired) electrons. The molecule has 5 rings (SSSR count). The number of carboxylic acids is 1. The largest absolute Gasteiger partial charge is 0.481 e. The summed E-state index contributed by atoms with van der Waals surface area (Å²) in [5.74, 6) is -0.391. The van der Waals surface area contributed by atoms with Crippen molar-refractivity contribution in [1.82, 2.24) is 4.98 Å². The van der Waals surface area contributed by atoms with Gasteiger partial charge in [0.15, 0.2) is 0 Å². The van der Waals surface area contributed by atoms with Gasteiger partial charge in [0.2, 0.25) is 0 Å². The lowest BCUT2D eigenvalue weighted by molar-refractivity contribution is -0.141. The molecule has 1 aliphatic rings. The zero-order chi connectivity index (χ0) is 23.5. The van der Waals surface area contributed by atoms with Crippen molar-refractivity contribution in [2.75, 3.05) is 0 Å². The van der Waals surface area contributed by atoms with Crippen LogP contribution < -0.4 is 0 Å². The van der Waals surface area contributed by atoms with Crippen molar-refractivity contribution in [2.24, 2.45) is 11.1 Å². The third kappa shape index (κ3) is 4.45. The smallest absolute Gasteiger partial charge is 0.306 e. The number of H-pyrrole nitrogens is 1. The van der Waals surface area contributed by atoms with Crippen LogP contribution in [0.3, 0.4) is 0 Å². The second kappa shape index (κ2) is 9.75. The molecule has 0 fully saturated rings.